The molecule has 4 rings (SSSR count). The van der Waals surface area contributed by atoms with Crippen molar-refractivity contribution >= 4 is 39.2 Å². The minimum absolute atomic E-state index is 0.00582. The fourth-order valence-corrected chi connectivity index (χ4v) is 5.73. The highest BCUT2D eigenvalue weighted by Gasteiger charge is 2.27. The summed E-state index contributed by atoms with van der Waals surface area (Å²) in [6, 6.07) is 8.69. The third-order valence-electron chi connectivity index (χ3n) is 7.84. The molecule has 0 fully saturated rings. The van der Waals surface area contributed by atoms with Crippen LogP contribution in [-0.2, 0) is 37.8 Å². The second-order valence-corrected chi connectivity index (χ2v) is 15.4. The maximum Gasteiger partial charge on any atom is 0.336 e. The molecule has 2 heterocycles. The number of sulfonamides is 1. The molecule has 14 nitrogen and oxygen atoms in total. The Bertz CT molecular complexity index is 2260. The number of rotatable bonds is 12. The second kappa shape index (κ2) is 15.9. The highest BCUT2D eigenvalue weighted by molar-refractivity contribution is 7.92. The van der Waals surface area contributed by atoms with Gasteiger partial charge in [0.25, 0.3) is 21.5 Å². The molecule has 0 aliphatic rings. The molecule has 0 bridgehead atoms. The molecule has 0 aliphatic heterocycles. The van der Waals surface area contributed by atoms with Crippen LogP contribution in [-0.4, -0.2) is 53.0 Å². The Labute approximate surface area is 304 Å². The number of nitrogens with one attached hydrogen (secondary N) is 3. The predicted octanol–water partition coefficient (Wildman–Crippen LogP) is 3.84. The highest BCUT2D eigenvalue weighted by Crippen LogP contribution is 2.25. The van der Waals surface area contributed by atoms with Crippen LogP contribution >= 0.6 is 0 Å². The van der Waals surface area contributed by atoms with Gasteiger partial charge in [0.2, 0.25) is 5.91 Å². The lowest BCUT2D eigenvalue weighted by molar-refractivity contribution is -0.147. The molecule has 17 heteroatoms. The number of carbonyl (C=O) groups excluding carboxylic acids is 3. The monoisotopic (exact) mass is 754 g/mol. The number of benzene rings is 2. The molecule has 1 atom stereocenters. The molecule has 2 amide bonds. The van der Waals surface area contributed by atoms with Crippen LogP contribution in [0.2, 0.25) is 0 Å². The lowest BCUT2D eigenvalue weighted by Gasteiger charge is -2.19. The van der Waals surface area contributed by atoms with Crippen molar-refractivity contribution in [2.75, 3.05) is 16.6 Å². The lowest BCUT2D eigenvalue weighted by Crippen LogP contribution is -2.44. The van der Waals surface area contributed by atoms with Gasteiger partial charge in [0.1, 0.15) is 23.5 Å². The van der Waals surface area contributed by atoms with E-state index in [0.717, 1.165) is 4.57 Å². The maximum absolute atomic E-state index is 15.3. The van der Waals surface area contributed by atoms with Crippen LogP contribution in [0.15, 0.2) is 75.3 Å². The number of anilines is 2. The number of aryl methyl sites for hydroxylation is 1. The summed E-state index contributed by atoms with van der Waals surface area (Å²) in [5, 5.41) is 5.00. The van der Waals surface area contributed by atoms with Crippen LogP contribution in [0.3, 0.4) is 0 Å². The van der Waals surface area contributed by atoms with Crippen LogP contribution < -0.4 is 26.6 Å². The topological polar surface area (TPSA) is 188 Å². The van der Waals surface area contributed by atoms with Gasteiger partial charge in [-0.05, 0) is 54.8 Å². The molecule has 0 radical (unpaired) electrons. The van der Waals surface area contributed by atoms with Crippen molar-refractivity contribution in [1.82, 2.24) is 19.4 Å². The van der Waals surface area contributed by atoms with Gasteiger partial charge < -0.3 is 19.9 Å². The number of pyridine rings is 1. The number of nitrogens with zero attached hydrogens (tertiary/aromatic N) is 3. The first-order valence-electron chi connectivity index (χ1n) is 16.3. The number of carbonyl (C=O) groups is 3. The number of aromatic nitrogens is 3. The number of hydrogen-bond donors (Lipinski definition) is 3. The zero-order valence-corrected chi connectivity index (χ0v) is 30.9. The molecule has 0 aliphatic carbocycles. The molecular weight excluding hydrogens is 714 g/mol. The average molecular weight is 755 g/mol. The van der Waals surface area contributed by atoms with Crippen molar-refractivity contribution in [2.45, 2.75) is 58.9 Å². The van der Waals surface area contributed by atoms with Crippen LogP contribution in [0.5, 0.6) is 0 Å². The Morgan fingerprint density at radius 3 is 2.21 bits per heavy atom. The first kappa shape index (κ1) is 40.1. The van der Waals surface area contributed by atoms with E-state index in [2.05, 4.69) is 15.6 Å². The third kappa shape index (κ3) is 9.79. The van der Waals surface area contributed by atoms with Gasteiger partial charge >= 0.3 is 11.7 Å². The summed E-state index contributed by atoms with van der Waals surface area (Å²) in [5.41, 5.74) is -2.40. The Morgan fingerprint density at radius 1 is 0.962 bits per heavy atom. The van der Waals surface area contributed by atoms with Gasteiger partial charge in [-0.1, -0.05) is 40.7 Å². The van der Waals surface area contributed by atoms with Crippen molar-refractivity contribution in [3.63, 3.8) is 0 Å². The molecular formula is C36H40F2N6O8S. The normalized spacial score (nSPS) is 12.3. The van der Waals surface area contributed by atoms with E-state index in [-0.39, 0.29) is 35.6 Å². The molecule has 282 valence electrons. The van der Waals surface area contributed by atoms with Gasteiger partial charge in [0.05, 0.1) is 22.8 Å². The van der Waals surface area contributed by atoms with E-state index >= 15 is 8.78 Å². The van der Waals surface area contributed by atoms with E-state index in [9.17, 15) is 32.4 Å². The van der Waals surface area contributed by atoms with E-state index in [1.165, 1.54) is 60.3 Å². The minimum Gasteiger partial charge on any atom is -0.464 e. The van der Waals surface area contributed by atoms with Crippen LogP contribution in [0.25, 0.3) is 5.82 Å². The molecule has 2 aromatic heterocycles. The first-order valence-corrected chi connectivity index (χ1v) is 17.8. The second-order valence-electron chi connectivity index (χ2n) is 13.7. The van der Waals surface area contributed by atoms with Crippen molar-refractivity contribution in [1.29, 1.82) is 0 Å². The molecule has 0 spiro atoms. The summed E-state index contributed by atoms with van der Waals surface area (Å²) in [6.45, 7) is 10.3. The number of halogens is 2. The molecule has 53 heavy (non-hydrogen) atoms. The van der Waals surface area contributed by atoms with Crippen molar-refractivity contribution < 1.29 is 36.3 Å². The number of esters is 1. The summed E-state index contributed by atoms with van der Waals surface area (Å²) in [5.74, 6) is -5.02. The van der Waals surface area contributed by atoms with Crippen molar-refractivity contribution in [2.24, 2.45) is 18.4 Å². The van der Waals surface area contributed by atoms with Crippen molar-refractivity contribution in [3.8, 4) is 5.82 Å². The smallest absolute Gasteiger partial charge is 0.336 e. The average Bonchev–Trinajstić information content (AvgIpc) is 3.07. The first-order chi connectivity index (χ1) is 24.7. The zero-order valence-electron chi connectivity index (χ0n) is 30.1. The standard InChI is InChI=1S/C36H40F2N6O8S/c1-20(2)19-52-33(47)29(15-22-8-13-30(39-18-22)44-31(45)14-21(3)43(7)35(44)49)41-32(46)25-16-27(38)28(17-26(25)37)42-53(50,51)24-11-9-23(10-12-24)40-34(48)36(4,5)6/h8-14,16-18,20,29,42H,15,19H2,1-7H3,(H,40,48)(H,41,46)/t29-/m0/s1. The Morgan fingerprint density at radius 2 is 1.62 bits per heavy atom. The fraction of sp³-hybridized carbons (Fsp3) is 0.333. The Hall–Kier alpha value is -5.71. The molecule has 0 saturated heterocycles. The van der Waals surface area contributed by atoms with E-state index in [1.54, 1.807) is 41.5 Å². The van der Waals surface area contributed by atoms with E-state index in [1.807, 2.05) is 4.72 Å². The van der Waals surface area contributed by atoms with Gasteiger partial charge in [-0.2, -0.15) is 0 Å². The van der Waals surface area contributed by atoms with E-state index in [0.29, 0.717) is 29.1 Å². The largest absolute Gasteiger partial charge is 0.464 e. The Balaban J connectivity index is 1.54. The highest BCUT2D eigenvalue weighted by atomic mass is 32.2. The van der Waals surface area contributed by atoms with E-state index in [4.69, 9.17) is 4.74 Å². The summed E-state index contributed by atoms with van der Waals surface area (Å²) >= 11 is 0. The number of amides is 2. The molecule has 0 saturated carbocycles. The number of hydrogen-bond acceptors (Lipinski definition) is 9. The number of ether oxygens (including phenoxy) is 1. The summed E-state index contributed by atoms with van der Waals surface area (Å²) < 4.78 is 65.9. The Kier molecular flexibility index (Phi) is 12.0. The molecule has 3 N–H and O–H groups in total. The van der Waals surface area contributed by atoms with Crippen LogP contribution in [0.4, 0.5) is 20.2 Å². The minimum atomic E-state index is -4.44. The quantitative estimate of drug-likeness (QED) is 0.181. The van der Waals surface area contributed by atoms with Gasteiger partial charge in [-0.3, -0.25) is 19.1 Å². The van der Waals surface area contributed by atoms with Crippen LogP contribution in [0.1, 0.15) is 56.2 Å². The van der Waals surface area contributed by atoms with Gasteiger partial charge in [0, 0.05) is 48.6 Å². The third-order valence-corrected chi connectivity index (χ3v) is 9.22. The SMILES string of the molecule is Cc1cc(=O)n(-c2ccc(C[C@H](NC(=O)c3cc(F)c(NS(=O)(=O)c4ccc(NC(=O)C(C)(C)C)cc4)cc3F)C(=O)OCC(C)C)cn2)c(=O)n1C. The van der Waals surface area contributed by atoms with E-state index < -0.39 is 67.5 Å². The maximum atomic E-state index is 15.3. The van der Waals surface area contributed by atoms with Crippen LogP contribution in [0, 0.1) is 29.9 Å². The molecule has 4 aromatic rings. The summed E-state index contributed by atoms with van der Waals surface area (Å²) in [7, 11) is -2.94. The predicted molar refractivity (Wildman–Crippen MR) is 192 cm³/mol. The lowest BCUT2D eigenvalue weighted by atomic mass is 9.95. The molecule has 2 aromatic carbocycles. The van der Waals surface area contributed by atoms with Gasteiger partial charge in [0.15, 0.2) is 0 Å². The van der Waals surface area contributed by atoms with Crippen molar-refractivity contribution in [3.05, 3.63) is 110 Å². The van der Waals surface area contributed by atoms with Gasteiger partial charge in [-0.25, -0.2) is 36.3 Å². The summed E-state index contributed by atoms with van der Waals surface area (Å²) in [4.78, 5) is 67.6. The fourth-order valence-electron chi connectivity index (χ4n) is 4.67. The summed E-state index contributed by atoms with van der Waals surface area (Å²) in [6.07, 6.45) is 1.06. The van der Waals surface area contributed by atoms with Gasteiger partial charge in [-0.15, -0.1) is 0 Å². The molecule has 0 unspecified atom stereocenters. The zero-order chi connectivity index (χ0) is 39.4.